The number of hydrogen-bond acceptors (Lipinski definition) is 2. The Morgan fingerprint density at radius 3 is 2.45 bits per heavy atom. The fourth-order valence-electron chi connectivity index (χ4n) is 4.10. The van der Waals surface area contributed by atoms with Crippen LogP contribution in [0.15, 0.2) is 42.5 Å². The summed E-state index contributed by atoms with van der Waals surface area (Å²) in [5, 5.41) is 3.97. The van der Waals surface area contributed by atoms with Crippen LogP contribution in [-0.2, 0) is 11.8 Å². The number of benzene rings is 2. The first-order chi connectivity index (χ1) is 13.9. The Morgan fingerprint density at radius 2 is 1.83 bits per heavy atom. The first kappa shape index (κ1) is 19.2. The third kappa shape index (κ3) is 3.41. The lowest BCUT2D eigenvalue weighted by Gasteiger charge is -2.18. The predicted molar refractivity (Wildman–Crippen MR) is 118 cm³/mol. The highest BCUT2D eigenvalue weighted by atomic mass is 16.2. The summed E-state index contributed by atoms with van der Waals surface area (Å²) in [4.78, 5) is 27.6. The van der Waals surface area contributed by atoms with Crippen LogP contribution in [0, 0.1) is 6.92 Å². The highest BCUT2D eigenvalue weighted by Gasteiger charge is 2.31. The minimum atomic E-state index is -0.201. The molecule has 5 heteroatoms. The van der Waals surface area contributed by atoms with E-state index in [1.807, 2.05) is 54.9 Å². The number of carbonyl (C=O) groups excluding carboxylic acids is 2. The van der Waals surface area contributed by atoms with Gasteiger partial charge in [0, 0.05) is 31.1 Å². The molecule has 1 N–H and O–H groups in total. The Labute approximate surface area is 171 Å². The first-order valence-electron chi connectivity index (χ1n) is 10.2. The molecule has 0 aliphatic carbocycles. The summed E-state index contributed by atoms with van der Waals surface area (Å²) in [6.07, 6.45) is 1.35. The van der Waals surface area contributed by atoms with Gasteiger partial charge in [-0.1, -0.05) is 37.6 Å². The molecule has 4 rings (SSSR count). The molecular weight excluding hydrogens is 362 g/mol. The van der Waals surface area contributed by atoms with E-state index in [4.69, 9.17) is 0 Å². The summed E-state index contributed by atoms with van der Waals surface area (Å²) < 4.78 is 1.90. The molecule has 1 aromatic heterocycles. The standard InChI is InChI=1S/C24H27N3O2/c1-15(2)17-8-10-18(11-9-17)25-24(29)23-22(27-13-5-6-21(27)28)19-14-16(3)7-12-20(19)26(23)4/h7-12,14-15H,5-6,13H2,1-4H3,(H,25,29). The number of rotatable bonds is 4. The SMILES string of the molecule is Cc1ccc2c(c1)c(N1CCCC1=O)c(C(=O)Nc1ccc(C(C)C)cc1)n2C. The maximum Gasteiger partial charge on any atom is 0.274 e. The smallest absolute Gasteiger partial charge is 0.274 e. The van der Waals surface area contributed by atoms with Gasteiger partial charge in [0.1, 0.15) is 5.69 Å². The van der Waals surface area contributed by atoms with E-state index in [1.54, 1.807) is 4.90 Å². The third-order valence-corrected chi connectivity index (χ3v) is 5.72. The van der Waals surface area contributed by atoms with Crippen molar-refractivity contribution in [3.05, 3.63) is 59.3 Å². The van der Waals surface area contributed by atoms with Crippen molar-refractivity contribution >= 4 is 34.1 Å². The molecule has 5 nitrogen and oxygen atoms in total. The van der Waals surface area contributed by atoms with E-state index in [0.717, 1.165) is 34.3 Å². The van der Waals surface area contributed by atoms with Gasteiger partial charge in [-0.3, -0.25) is 9.59 Å². The second-order valence-corrected chi connectivity index (χ2v) is 8.16. The number of nitrogens with one attached hydrogen (secondary N) is 1. The molecule has 0 radical (unpaired) electrons. The van der Waals surface area contributed by atoms with Crippen molar-refractivity contribution in [3.8, 4) is 0 Å². The molecule has 2 heterocycles. The van der Waals surface area contributed by atoms with Crippen LogP contribution in [0.5, 0.6) is 0 Å². The molecule has 3 aromatic rings. The summed E-state index contributed by atoms with van der Waals surface area (Å²) in [5.74, 6) is 0.316. The van der Waals surface area contributed by atoms with Gasteiger partial charge in [0.2, 0.25) is 5.91 Å². The van der Waals surface area contributed by atoms with Gasteiger partial charge in [0.15, 0.2) is 0 Å². The molecule has 1 fully saturated rings. The zero-order valence-electron chi connectivity index (χ0n) is 17.5. The highest BCUT2D eigenvalue weighted by Crippen LogP contribution is 2.37. The third-order valence-electron chi connectivity index (χ3n) is 5.72. The van der Waals surface area contributed by atoms with Crippen molar-refractivity contribution in [2.75, 3.05) is 16.8 Å². The quantitative estimate of drug-likeness (QED) is 0.683. The van der Waals surface area contributed by atoms with Crippen LogP contribution in [-0.4, -0.2) is 22.9 Å². The number of anilines is 2. The highest BCUT2D eigenvalue weighted by molar-refractivity contribution is 6.17. The minimum absolute atomic E-state index is 0.0781. The average Bonchev–Trinajstić information content (AvgIpc) is 3.22. The molecule has 1 saturated heterocycles. The van der Waals surface area contributed by atoms with Crippen molar-refractivity contribution in [2.24, 2.45) is 7.05 Å². The predicted octanol–water partition coefficient (Wildman–Crippen LogP) is 4.99. The number of hydrogen-bond donors (Lipinski definition) is 1. The van der Waals surface area contributed by atoms with E-state index in [2.05, 4.69) is 25.2 Å². The van der Waals surface area contributed by atoms with E-state index in [9.17, 15) is 9.59 Å². The lowest BCUT2D eigenvalue weighted by molar-refractivity contribution is -0.117. The van der Waals surface area contributed by atoms with Gasteiger partial charge in [0.05, 0.1) is 11.2 Å². The summed E-state index contributed by atoms with van der Waals surface area (Å²) in [7, 11) is 1.89. The maximum absolute atomic E-state index is 13.3. The van der Waals surface area contributed by atoms with Crippen LogP contribution in [0.3, 0.4) is 0 Å². The fraction of sp³-hybridized carbons (Fsp3) is 0.333. The number of amides is 2. The molecule has 29 heavy (non-hydrogen) atoms. The number of aromatic nitrogens is 1. The number of carbonyl (C=O) groups is 2. The van der Waals surface area contributed by atoms with E-state index in [-0.39, 0.29) is 11.8 Å². The molecule has 150 valence electrons. The van der Waals surface area contributed by atoms with Crippen LogP contribution < -0.4 is 10.2 Å². The molecule has 0 spiro atoms. The van der Waals surface area contributed by atoms with Gasteiger partial charge < -0.3 is 14.8 Å². The van der Waals surface area contributed by atoms with Gasteiger partial charge in [-0.2, -0.15) is 0 Å². The molecule has 0 unspecified atom stereocenters. The molecule has 2 amide bonds. The Kier molecular flexibility index (Phi) is 4.91. The first-order valence-corrected chi connectivity index (χ1v) is 10.2. The lowest BCUT2D eigenvalue weighted by atomic mass is 10.0. The van der Waals surface area contributed by atoms with Crippen molar-refractivity contribution in [2.45, 2.75) is 39.5 Å². The molecule has 0 saturated carbocycles. The van der Waals surface area contributed by atoms with Gasteiger partial charge in [-0.25, -0.2) is 0 Å². The molecular formula is C24H27N3O2. The molecule has 1 aliphatic rings. The van der Waals surface area contributed by atoms with Gasteiger partial charge in [-0.15, -0.1) is 0 Å². The van der Waals surface area contributed by atoms with Crippen LogP contribution >= 0.6 is 0 Å². The fourth-order valence-corrected chi connectivity index (χ4v) is 4.10. The zero-order valence-corrected chi connectivity index (χ0v) is 17.5. The zero-order chi connectivity index (χ0) is 20.7. The summed E-state index contributed by atoms with van der Waals surface area (Å²) in [6, 6.07) is 14.0. The van der Waals surface area contributed by atoms with E-state index >= 15 is 0 Å². The van der Waals surface area contributed by atoms with Gasteiger partial charge in [0.25, 0.3) is 5.91 Å². The van der Waals surface area contributed by atoms with Crippen molar-refractivity contribution in [3.63, 3.8) is 0 Å². The lowest BCUT2D eigenvalue weighted by Crippen LogP contribution is -2.27. The van der Waals surface area contributed by atoms with Gasteiger partial charge >= 0.3 is 0 Å². The van der Waals surface area contributed by atoms with E-state index in [1.165, 1.54) is 5.56 Å². The number of fused-ring (bicyclic) bond motifs is 1. The van der Waals surface area contributed by atoms with Crippen LogP contribution in [0.25, 0.3) is 10.9 Å². The Bertz CT molecular complexity index is 1090. The summed E-state index contributed by atoms with van der Waals surface area (Å²) in [5.41, 5.74) is 5.28. The van der Waals surface area contributed by atoms with Crippen molar-refractivity contribution in [1.29, 1.82) is 0 Å². The number of nitrogens with zero attached hydrogens (tertiary/aromatic N) is 2. The second kappa shape index (κ2) is 7.39. The largest absolute Gasteiger partial charge is 0.338 e. The average molecular weight is 389 g/mol. The monoisotopic (exact) mass is 389 g/mol. The van der Waals surface area contributed by atoms with E-state index in [0.29, 0.717) is 24.6 Å². The van der Waals surface area contributed by atoms with Crippen LogP contribution in [0.4, 0.5) is 11.4 Å². The van der Waals surface area contributed by atoms with Crippen molar-refractivity contribution in [1.82, 2.24) is 4.57 Å². The Balaban J connectivity index is 1.78. The second-order valence-electron chi connectivity index (χ2n) is 8.16. The van der Waals surface area contributed by atoms with Crippen LogP contribution in [0.2, 0.25) is 0 Å². The number of aryl methyl sites for hydroxylation is 2. The molecule has 1 aliphatic heterocycles. The van der Waals surface area contributed by atoms with E-state index < -0.39 is 0 Å². The van der Waals surface area contributed by atoms with Crippen LogP contribution in [0.1, 0.15) is 54.2 Å². The maximum atomic E-state index is 13.3. The molecule has 0 bridgehead atoms. The normalized spacial score (nSPS) is 14.2. The topological polar surface area (TPSA) is 54.3 Å². The summed E-state index contributed by atoms with van der Waals surface area (Å²) in [6.45, 7) is 6.96. The van der Waals surface area contributed by atoms with Crippen molar-refractivity contribution < 1.29 is 9.59 Å². The Hall–Kier alpha value is -3.08. The molecule has 2 aromatic carbocycles. The summed E-state index contributed by atoms with van der Waals surface area (Å²) >= 11 is 0. The Morgan fingerprint density at radius 1 is 1.10 bits per heavy atom. The van der Waals surface area contributed by atoms with Gasteiger partial charge in [-0.05, 0) is 49.1 Å². The molecule has 0 atom stereocenters. The minimum Gasteiger partial charge on any atom is -0.338 e.